The third-order valence-corrected chi connectivity index (χ3v) is 3.59. The molecule has 0 radical (unpaired) electrons. The summed E-state index contributed by atoms with van der Waals surface area (Å²) in [5.41, 5.74) is 3.45. The van der Waals surface area contributed by atoms with E-state index in [0.29, 0.717) is 0 Å². The topological polar surface area (TPSA) is 42.7 Å². The molecule has 94 valence electrons. The van der Waals surface area contributed by atoms with E-state index in [1.807, 2.05) is 30.2 Å². The van der Waals surface area contributed by atoms with Gasteiger partial charge in [0.2, 0.25) is 0 Å². The Morgan fingerprint density at radius 1 is 1.39 bits per heavy atom. The van der Waals surface area contributed by atoms with Gasteiger partial charge >= 0.3 is 0 Å². The number of nitrogens with zero attached hydrogens (tertiary/aromatic N) is 3. The first-order valence-electron chi connectivity index (χ1n) is 6.47. The normalized spacial score (nSPS) is 19.3. The Morgan fingerprint density at radius 2 is 2.33 bits per heavy atom. The van der Waals surface area contributed by atoms with Crippen molar-refractivity contribution >= 4 is 0 Å². The van der Waals surface area contributed by atoms with Gasteiger partial charge in [0, 0.05) is 19.4 Å². The zero-order valence-electron chi connectivity index (χ0n) is 10.6. The van der Waals surface area contributed by atoms with Crippen LogP contribution in [0.15, 0.2) is 30.6 Å². The highest BCUT2D eigenvalue weighted by atomic mass is 15.3. The maximum atomic E-state index is 4.44. The molecule has 1 atom stereocenters. The summed E-state index contributed by atoms with van der Waals surface area (Å²) in [6.07, 6.45) is 6.13. The molecule has 1 aliphatic rings. The van der Waals surface area contributed by atoms with E-state index in [-0.39, 0.29) is 0 Å². The lowest BCUT2D eigenvalue weighted by molar-refractivity contribution is 0.580. The number of aromatic nitrogens is 3. The molecule has 3 heterocycles. The van der Waals surface area contributed by atoms with E-state index in [0.717, 1.165) is 36.8 Å². The molecule has 0 spiro atoms. The fourth-order valence-corrected chi connectivity index (χ4v) is 2.59. The van der Waals surface area contributed by atoms with Gasteiger partial charge in [-0.3, -0.25) is 9.67 Å². The van der Waals surface area contributed by atoms with E-state index in [4.69, 9.17) is 0 Å². The van der Waals surface area contributed by atoms with Gasteiger partial charge in [0.25, 0.3) is 0 Å². The summed E-state index contributed by atoms with van der Waals surface area (Å²) in [5.74, 6) is 0.770. The molecule has 1 unspecified atom stereocenters. The van der Waals surface area contributed by atoms with Crippen LogP contribution in [0.1, 0.15) is 12.0 Å². The number of hydrogen-bond acceptors (Lipinski definition) is 3. The third-order valence-electron chi connectivity index (χ3n) is 3.59. The van der Waals surface area contributed by atoms with Crippen LogP contribution >= 0.6 is 0 Å². The van der Waals surface area contributed by atoms with Gasteiger partial charge in [0.15, 0.2) is 0 Å². The van der Waals surface area contributed by atoms with E-state index in [2.05, 4.69) is 27.5 Å². The van der Waals surface area contributed by atoms with E-state index >= 15 is 0 Å². The Kier molecular flexibility index (Phi) is 3.11. The third kappa shape index (κ3) is 2.29. The minimum Gasteiger partial charge on any atom is -0.316 e. The van der Waals surface area contributed by atoms with E-state index in [9.17, 15) is 0 Å². The van der Waals surface area contributed by atoms with Crippen LogP contribution in [0, 0.1) is 5.92 Å². The minimum atomic E-state index is 0.770. The van der Waals surface area contributed by atoms with Gasteiger partial charge in [0.1, 0.15) is 0 Å². The Morgan fingerprint density at radius 3 is 3.06 bits per heavy atom. The van der Waals surface area contributed by atoms with E-state index in [1.54, 1.807) is 0 Å². The Hall–Kier alpha value is -1.68. The van der Waals surface area contributed by atoms with Crippen molar-refractivity contribution < 1.29 is 0 Å². The number of hydrogen-bond donors (Lipinski definition) is 1. The average molecular weight is 242 g/mol. The molecule has 4 nitrogen and oxygen atoms in total. The monoisotopic (exact) mass is 242 g/mol. The maximum absolute atomic E-state index is 4.44. The van der Waals surface area contributed by atoms with Crippen LogP contribution < -0.4 is 5.32 Å². The zero-order valence-corrected chi connectivity index (χ0v) is 10.6. The molecule has 0 saturated carbocycles. The number of nitrogens with one attached hydrogen (secondary N) is 1. The molecule has 0 amide bonds. The number of rotatable bonds is 3. The second-order valence-electron chi connectivity index (χ2n) is 4.95. The minimum absolute atomic E-state index is 0.770. The van der Waals surface area contributed by atoms with Gasteiger partial charge in [0.05, 0.1) is 11.4 Å². The summed E-state index contributed by atoms with van der Waals surface area (Å²) < 4.78 is 1.86. The highest BCUT2D eigenvalue weighted by Crippen LogP contribution is 2.20. The molecule has 4 heteroatoms. The highest BCUT2D eigenvalue weighted by molar-refractivity contribution is 5.54. The molecule has 1 N–H and O–H groups in total. The first-order chi connectivity index (χ1) is 8.83. The van der Waals surface area contributed by atoms with Crippen molar-refractivity contribution in [1.29, 1.82) is 0 Å². The summed E-state index contributed by atoms with van der Waals surface area (Å²) >= 11 is 0. The fourth-order valence-electron chi connectivity index (χ4n) is 2.59. The van der Waals surface area contributed by atoms with Crippen molar-refractivity contribution in [2.75, 3.05) is 13.1 Å². The largest absolute Gasteiger partial charge is 0.316 e. The molecule has 2 aromatic rings. The van der Waals surface area contributed by atoms with Crippen molar-refractivity contribution in [3.8, 4) is 11.4 Å². The first-order valence-corrected chi connectivity index (χ1v) is 6.47. The average Bonchev–Trinajstić information content (AvgIpc) is 3.01. The molecule has 0 aliphatic carbocycles. The van der Waals surface area contributed by atoms with Gasteiger partial charge in [-0.2, -0.15) is 5.10 Å². The molecule has 0 aromatic carbocycles. The SMILES string of the molecule is Cn1nccc1-c1cc(CC2CCNC2)ccn1. The van der Waals surface area contributed by atoms with Gasteiger partial charge in [-0.1, -0.05) is 0 Å². The van der Waals surface area contributed by atoms with Crippen LogP contribution in [0.5, 0.6) is 0 Å². The predicted octanol–water partition coefficient (Wildman–Crippen LogP) is 1.63. The van der Waals surface area contributed by atoms with Crippen molar-refractivity contribution in [3.63, 3.8) is 0 Å². The van der Waals surface area contributed by atoms with E-state index < -0.39 is 0 Å². The summed E-state index contributed by atoms with van der Waals surface area (Å²) in [7, 11) is 1.95. The molecule has 1 fully saturated rings. The number of pyridine rings is 1. The zero-order chi connectivity index (χ0) is 12.4. The van der Waals surface area contributed by atoms with Crippen LogP contribution in [0.4, 0.5) is 0 Å². The Labute approximate surface area is 107 Å². The molecule has 3 rings (SSSR count). The summed E-state index contributed by atoms with van der Waals surface area (Å²) in [6, 6.07) is 6.32. The standard InChI is InChI=1S/C14H18N4/c1-18-14(4-7-17-18)13-9-11(3-6-16-13)8-12-2-5-15-10-12/h3-4,6-7,9,12,15H,2,5,8,10H2,1H3. The van der Waals surface area contributed by atoms with Gasteiger partial charge in [-0.25, -0.2) is 0 Å². The molecule has 1 saturated heterocycles. The van der Waals surface area contributed by atoms with Crippen LogP contribution in [-0.4, -0.2) is 27.9 Å². The van der Waals surface area contributed by atoms with Gasteiger partial charge in [-0.05, 0) is 55.6 Å². The Balaban J connectivity index is 1.82. The molecule has 2 aromatic heterocycles. The quantitative estimate of drug-likeness (QED) is 0.889. The summed E-state index contributed by atoms with van der Waals surface area (Å²) in [6.45, 7) is 2.30. The van der Waals surface area contributed by atoms with Crippen molar-refractivity contribution in [3.05, 3.63) is 36.2 Å². The highest BCUT2D eigenvalue weighted by Gasteiger charge is 2.15. The molecule has 1 aliphatic heterocycles. The lowest BCUT2D eigenvalue weighted by atomic mass is 9.99. The number of aryl methyl sites for hydroxylation is 1. The smallest absolute Gasteiger partial charge is 0.0885 e. The van der Waals surface area contributed by atoms with Crippen LogP contribution in [0.25, 0.3) is 11.4 Å². The molecular weight excluding hydrogens is 224 g/mol. The second kappa shape index (κ2) is 4.90. The molecule has 0 bridgehead atoms. The van der Waals surface area contributed by atoms with Crippen molar-refractivity contribution in [1.82, 2.24) is 20.1 Å². The van der Waals surface area contributed by atoms with Crippen LogP contribution in [0.2, 0.25) is 0 Å². The van der Waals surface area contributed by atoms with Gasteiger partial charge < -0.3 is 5.32 Å². The summed E-state index contributed by atoms with van der Waals surface area (Å²) in [5, 5.41) is 7.61. The molecule has 18 heavy (non-hydrogen) atoms. The first kappa shape index (κ1) is 11.4. The van der Waals surface area contributed by atoms with Gasteiger partial charge in [-0.15, -0.1) is 0 Å². The van der Waals surface area contributed by atoms with E-state index in [1.165, 1.54) is 12.0 Å². The Bertz CT molecular complexity index is 526. The van der Waals surface area contributed by atoms with Crippen molar-refractivity contribution in [2.24, 2.45) is 13.0 Å². The lowest BCUT2D eigenvalue weighted by Gasteiger charge is -2.09. The summed E-state index contributed by atoms with van der Waals surface area (Å²) in [4.78, 5) is 4.44. The van der Waals surface area contributed by atoms with Crippen LogP contribution in [-0.2, 0) is 13.5 Å². The lowest BCUT2D eigenvalue weighted by Crippen LogP contribution is -2.10. The maximum Gasteiger partial charge on any atom is 0.0885 e. The fraction of sp³-hybridized carbons (Fsp3) is 0.429. The van der Waals surface area contributed by atoms with Crippen LogP contribution in [0.3, 0.4) is 0 Å². The second-order valence-corrected chi connectivity index (χ2v) is 4.95. The predicted molar refractivity (Wildman–Crippen MR) is 71.1 cm³/mol. The van der Waals surface area contributed by atoms with Crippen molar-refractivity contribution in [2.45, 2.75) is 12.8 Å². The molecular formula is C14H18N4.